The molecule has 0 unspecified atom stereocenters. The molecule has 2 aliphatic rings. The van der Waals surface area contributed by atoms with Crippen molar-refractivity contribution in [2.75, 3.05) is 39.4 Å². The summed E-state index contributed by atoms with van der Waals surface area (Å²) in [5, 5.41) is 0.557. The summed E-state index contributed by atoms with van der Waals surface area (Å²) in [7, 11) is -3.63. The van der Waals surface area contributed by atoms with Gasteiger partial charge in [0, 0.05) is 32.2 Å². The molecule has 1 aromatic heterocycles. The number of hydrogen-bond acceptors (Lipinski definition) is 7. The lowest BCUT2D eigenvalue weighted by atomic mass is 10.2. The molecule has 0 spiro atoms. The first kappa shape index (κ1) is 20.0. The van der Waals surface area contributed by atoms with Gasteiger partial charge in [-0.05, 0) is 24.3 Å². The van der Waals surface area contributed by atoms with E-state index in [1.165, 1.54) is 10.4 Å². The van der Waals surface area contributed by atoms with Crippen molar-refractivity contribution in [3.05, 3.63) is 58.6 Å². The Morgan fingerprint density at radius 1 is 0.968 bits per heavy atom. The van der Waals surface area contributed by atoms with Crippen LogP contribution in [0, 0.1) is 0 Å². The van der Waals surface area contributed by atoms with Crippen LogP contribution in [-0.2, 0) is 16.6 Å². The highest BCUT2D eigenvalue weighted by atomic mass is 32.2. The molecular formula is C21H22N4O5S. The molecule has 0 amide bonds. The van der Waals surface area contributed by atoms with Gasteiger partial charge in [0.1, 0.15) is 19.0 Å². The van der Waals surface area contributed by atoms with Gasteiger partial charge in [0.25, 0.3) is 5.56 Å². The largest absolute Gasteiger partial charge is 0.486 e. The number of nitrogens with one attached hydrogen (secondary N) is 1. The minimum Gasteiger partial charge on any atom is -0.486 e. The van der Waals surface area contributed by atoms with Crippen molar-refractivity contribution >= 4 is 20.9 Å². The average Bonchev–Trinajstić information content (AvgIpc) is 2.79. The zero-order valence-electron chi connectivity index (χ0n) is 16.8. The smallest absolute Gasteiger partial charge is 0.258 e. The molecule has 10 heteroatoms. The molecule has 2 aliphatic heterocycles. The molecule has 3 heterocycles. The van der Waals surface area contributed by atoms with Crippen molar-refractivity contribution in [2.45, 2.75) is 11.4 Å². The molecule has 0 radical (unpaired) electrons. The van der Waals surface area contributed by atoms with E-state index in [0.717, 1.165) is 0 Å². The number of fused-ring (bicyclic) bond motifs is 2. The molecule has 0 saturated carbocycles. The highest BCUT2D eigenvalue weighted by Gasteiger charge is 2.30. The van der Waals surface area contributed by atoms with Crippen molar-refractivity contribution in [3.63, 3.8) is 0 Å². The van der Waals surface area contributed by atoms with Crippen LogP contribution in [0.5, 0.6) is 11.5 Å². The lowest BCUT2D eigenvalue weighted by Gasteiger charge is -2.33. The predicted octanol–water partition coefficient (Wildman–Crippen LogP) is 1.20. The van der Waals surface area contributed by atoms with Crippen LogP contribution in [0.25, 0.3) is 10.9 Å². The number of sulfonamides is 1. The lowest BCUT2D eigenvalue weighted by Crippen LogP contribution is -2.48. The predicted molar refractivity (Wildman–Crippen MR) is 114 cm³/mol. The third-order valence-electron chi connectivity index (χ3n) is 5.52. The molecule has 31 heavy (non-hydrogen) atoms. The minimum atomic E-state index is -3.63. The zero-order valence-corrected chi connectivity index (χ0v) is 17.6. The van der Waals surface area contributed by atoms with Crippen LogP contribution in [0.3, 0.4) is 0 Å². The summed E-state index contributed by atoms with van der Waals surface area (Å²) in [5.74, 6) is 1.59. The van der Waals surface area contributed by atoms with Crippen molar-refractivity contribution in [3.8, 4) is 11.5 Å². The fourth-order valence-electron chi connectivity index (χ4n) is 3.88. The first-order valence-electron chi connectivity index (χ1n) is 10.1. The normalized spacial score (nSPS) is 17.7. The maximum atomic E-state index is 13.1. The highest BCUT2D eigenvalue weighted by molar-refractivity contribution is 7.89. The Morgan fingerprint density at radius 2 is 1.71 bits per heavy atom. The molecule has 0 bridgehead atoms. The van der Waals surface area contributed by atoms with Crippen LogP contribution < -0.4 is 15.0 Å². The lowest BCUT2D eigenvalue weighted by molar-refractivity contribution is 0.170. The molecule has 1 N–H and O–H groups in total. The fraction of sp³-hybridized carbons (Fsp3) is 0.333. The van der Waals surface area contributed by atoms with Crippen LogP contribution in [0.2, 0.25) is 0 Å². The number of aromatic nitrogens is 2. The second-order valence-corrected chi connectivity index (χ2v) is 9.45. The van der Waals surface area contributed by atoms with E-state index in [1.54, 1.807) is 24.3 Å². The van der Waals surface area contributed by atoms with E-state index in [4.69, 9.17) is 9.47 Å². The Kier molecular flexibility index (Phi) is 5.12. The summed E-state index contributed by atoms with van der Waals surface area (Å²) in [6, 6.07) is 11.9. The van der Waals surface area contributed by atoms with Gasteiger partial charge in [0.2, 0.25) is 10.0 Å². The second-order valence-electron chi connectivity index (χ2n) is 7.52. The van der Waals surface area contributed by atoms with Crippen molar-refractivity contribution in [1.82, 2.24) is 19.2 Å². The van der Waals surface area contributed by atoms with Crippen LogP contribution >= 0.6 is 0 Å². The van der Waals surface area contributed by atoms with Crippen LogP contribution in [-0.4, -0.2) is 67.0 Å². The van der Waals surface area contributed by atoms with Crippen molar-refractivity contribution < 1.29 is 17.9 Å². The molecule has 9 nitrogen and oxygen atoms in total. The SMILES string of the molecule is O=c1[nH]c(CN2CCN(S(=O)(=O)c3ccc4c(c3)OCCO4)CC2)nc2ccccc12. The quantitative estimate of drug-likeness (QED) is 0.647. The number of benzene rings is 2. The van der Waals surface area contributed by atoms with Gasteiger partial charge in [0.15, 0.2) is 11.5 Å². The van der Waals surface area contributed by atoms with E-state index in [-0.39, 0.29) is 10.5 Å². The third-order valence-corrected chi connectivity index (χ3v) is 7.41. The Labute approximate surface area is 179 Å². The standard InChI is InChI=1S/C21H22N4O5S/c26-21-16-3-1-2-4-17(16)22-20(23-21)14-24-7-9-25(10-8-24)31(27,28)15-5-6-18-19(13-15)30-12-11-29-18/h1-6,13H,7-12,14H2,(H,22,23,26). The van der Waals surface area contributed by atoms with Crippen LogP contribution in [0.4, 0.5) is 0 Å². The maximum absolute atomic E-state index is 13.1. The van der Waals surface area contributed by atoms with Gasteiger partial charge >= 0.3 is 0 Å². The molecule has 1 saturated heterocycles. The minimum absolute atomic E-state index is 0.166. The van der Waals surface area contributed by atoms with Gasteiger partial charge in [-0.3, -0.25) is 9.69 Å². The van der Waals surface area contributed by atoms with E-state index in [0.29, 0.717) is 74.2 Å². The fourth-order valence-corrected chi connectivity index (χ4v) is 5.32. The van der Waals surface area contributed by atoms with E-state index in [1.807, 2.05) is 12.1 Å². The monoisotopic (exact) mass is 442 g/mol. The summed E-state index contributed by atoms with van der Waals surface area (Å²) < 4.78 is 38.6. The highest BCUT2D eigenvalue weighted by Crippen LogP contribution is 2.33. The van der Waals surface area contributed by atoms with E-state index in [9.17, 15) is 13.2 Å². The van der Waals surface area contributed by atoms with E-state index < -0.39 is 10.0 Å². The number of piperazine rings is 1. The molecule has 2 aromatic carbocycles. The Morgan fingerprint density at radius 3 is 2.52 bits per heavy atom. The van der Waals surface area contributed by atoms with Crippen molar-refractivity contribution in [2.24, 2.45) is 0 Å². The average molecular weight is 442 g/mol. The van der Waals surface area contributed by atoms with Gasteiger partial charge in [-0.25, -0.2) is 13.4 Å². The second kappa shape index (κ2) is 7.95. The van der Waals surface area contributed by atoms with E-state index >= 15 is 0 Å². The van der Waals surface area contributed by atoms with Gasteiger partial charge in [0.05, 0.1) is 22.3 Å². The molecule has 0 aliphatic carbocycles. The third kappa shape index (κ3) is 3.89. The Balaban J connectivity index is 1.27. The summed E-state index contributed by atoms with van der Waals surface area (Å²) in [6.07, 6.45) is 0. The molecule has 1 fully saturated rings. The van der Waals surface area contributed by atoms with Gasteiger partial charge in [-0.15, -0.1) is 0 Å². The first-order chi connectivity index (χ1) is 15.0. The number of ether oxygens (including phenoxy) is 2. The van der Waals surface area contributed by atoms with Gasteiger partial charge in [-0.1, -0.05) is 12.1 Å². The van der Waals surface area contributed by atoms with Gasteiger partial charge < -0.3 is 14.5 Å². The molecule has 162 valence electrons. The first-order valence-corrected chi connectivity index (χ1v) is 11.5. The van der Waals surface area contributed by atoms with Crippen molar-refractivity contribution in [1.29, 1.82) is 0 Å². The number of aromatic amines is 1. The number of para-hydroxylation sites is 1. The number of hydrogen-bond donors (Lipinski definition) is 1. The summed E-state index contributed by atoms with van der Waals surface area (Å²) in [4.78, 5) is 21.9. The van der Waals surface area contributed by atoms with Crippen LogP contribution in [0.15, 0.2) is 52.2 Å². The summed E-state index contributed by atoms with van der Waals surface area (Å²) in [6.45, 7) is 3.11. The Hall–Kier alpha value is -2.95. The van der Waals surface area contributed by atoms with Gasteiger partial charge in [-0.2, -0.15) is 4.31 Å². The number of nitrogens with zero attached hydrogens (tertiary/aromatic N) is 3. The number of rotatable bonds is 4. The summed E-state index contributed by atoms with van der Waals surface area (Å²) >= 11 is 0. The number of H-pyrrole nitrogens is 1. The van der Waals surface area contributed by atoms with E-state index in [2.05, 4.69) is 14.9 Å². The topological polar surface area (TPSA) is 105 Å². The molecule has 5 rings (SSSR count). The molecule has 0 atom stereocenters. The summed E-state index contributed by atoms with van der Waals surface area (Å²) in [5.41, 5.74) is 0.487. The molecule has 3 aromatic rings. The zero-order chi connectivity index (χ0) is 21.4. The maximum Gasteiger partial charge on any atom is 0.258 e. The van der Waals surface area contributed by atoms with Crippen LogP contribution in [0.1, 0.15) is 5.82 Å². The Bertz CT molecular complexity index is 1280. The molecular weight excluding hydrogens is 420 g/mol.